The normalized spacial score (nSPS) is 9.65. The van der Waals surface area contributed by atoms with Crippen molar-refractivity contribution in [3.8, 4) is 11.8 Å². The first-order valence-electron chi connectivity index (χ1n) is 5.16. The number of rotatable bonds is 3. The molecule has 0 aromatic heterocycles. The topological polar surface area (TPSA) is 33.0 Å². The largest absolute Gasteiger partial charge is 0.489 e. The summed E-state index contributed by atoms with van der Waals surface area (Å²) in [6.45, 7) is 0.397. The van der Waals surface area contributed by atoms with E-state index in [0.717, 1.165) is 11.3 Å². The minimum absolute atomic E-state index is 0.397. The van der Waals surface area contributed by atoms with Gasteiger partial charge in [-0.05, 0) is 24.3 Å². The molecule has 0 atom stereocenters. The van der Waals surface area contributed by atoms with E-state index in [0.29, 0.717) is 17.2 Å². The van der Waals surface area contributed by atoms with E-state index < -0.39 is 0 Å². The second-order valence-corrected chi connectivity index (χ2v) is 3.93. The van der Waals surface area contributed by atoms with E-state index in [-0.39, 0.29) is 0 Å². The van der Waals surface area contributed by atoms with E-state index in [1.54, 1.807) is 12.1 Å². The van der Waals surface area contributed by atoms with Crippen molar-refractivity contribution in [1.29, 1.82) is 5.26 Å². The maximum Gasteiger partial charge on any atom is 0.119 e. The average molecular weight is 244 g/mol. The fourth-order valence-corrected chi connectivity index (χ4v) is 1.65. The van der Waals surface area contributed by atoms with Crippen LogP contribution in [-0.4, -0.2) is 0 Å². The lowest BCUT2D eigenvalue weighted by atomic mass is 10.1. The van der Waals surface area contributed by atoms with Gasteiger partial charge in [0.05, 0.1) is 11.6 Å². The molecule has 0 radical (unpaired) electrons. The number of nitriles is 1. The number of hydrogen-bond donors (Lipinski definition) is 0. The molecular formula is C14H10ClNO. The van der Waals surface area contributed by atoms with Gasteiger partial charge in [-0.15, -0.1) is 0 Å². The van der Waals surface area contributed by atoms with E-state index in [2.05, 4.69) is 0 Å². The molecular weight excluding hydrogens is 234 g/mol. The van der Waals surface area contributed by atoms with Crippen LogP contribution >= 0.6 is 11.6 Å². The Hall–Kier alpha value is -1.98. The Bertz CT molecular complexity index is 546. The minimum atomic E-state index is 0.397. The summed E-state index contributed by atoms with van der Waals surface area (Å²) in [5.41, 5.74) is 1.42. The van der Waals surface area contributed by atoms with Crippen molar-refractivity contribution in [3.05, 3.63) is 64.7 Å². The van der Waals surface area contributed by atoms with Gasteiger partial charge in [0.15, 0.2) is 0 Å². The molecule has 0 heterocycles. The summed E-state index contributed by atoms with van der Waals surface area (Å²) in [5.74, 6) is 0.799. The van der Waals surface area contributed by atoms with Crippen LogP contribution < -0.4 is 4.74 Å². The smallest absolute Gasteiger partial charge is 0.119 e. The fraction of sp³-hybridized carbons (Fsp3) is 0.0714. The van der Waals surface area contributed by atoms with Crippen molar-refractivity contribution in [2.75, 3.05) is 0 Å². The number of benzene rings is 2. The number of ether oxygens (including phenoxy) is 1. The van der Waals surface area contributed by atoms with Crippen LogP contribution in [0.1, 0.15) is 11.1 Å². The number of nitrogens with zero attached hydrogens (tertiary/aromatic N) is 1. The van der Waals surface area contributed by atoms with E-state index in [1.165, 1.54) is 0 Å². The molecule has 2 nitrogen and oxygen atoms in total. The summed E-state index contributed by atoms with van der Waals surface area (Å²) in [6, 6.07) is 16.8. The van der Waals surface area contributed by atoms with Gasteiger partial charge in [-0.25, -0.2) is 0 Å². The lowest BCUT2D eigenvalue weighted by Gasteiger charge is -2.07. The molecule has 84 valence electrons. The lowest BCUT2D eigenvalue weighted by Crippen LogP contribution is -1.96. The molecule has 0 aliphatic rings. The molecule has 3 heteroatoms. The maximum atomic E-state index is 8.72. The third kappa shape index (κ3) is 2.99. The summed E-state index contributed by atoms with van der Waals surface area (Å²) >= 11 is 6.04. The highest BCUT2D eigenvalue weighted by Gasteiger charge is 2.02. The zero-order chi connectivity index (χ0) is 12.1. The summed E-state index contributed by atoms with van der Waals surface area (Å²) in [7, 11) is 0. The molecule has 0 amide bonds. The van der Waals surface area contributed by atoms with Gasteiger partial charge in [0.2, 0.25) is 0 Å². The SMILES string of the molecule is N#Cc1ccc(COc2ccccc2)c(Cl)c1. The molecule has 0 unspecified atom stereocenters. The summed E-state index contributed by atoms with van der Waals surface area (Å²) in [4.78, 5) is 0. The highest BCUT2D eigenvalue weighted by molar-refractivity contribution is 6.31. The Morgan fingerprint density at radius 3 is 2.53 bits per heavy atom. The number of halogens is 1. The van der Waals surface area contributed by atoms with Crippen LogP contribution in [0, 0.1) is 11.3 Å². The van der Waals surface area contributed by atoms with Gasteiger partial charge in [0.1, 0.15) is 12.4 Å². The van der Waals surface area contributed by atoms with E-state index in [1.807, 2.05) is 42.5 Å². The van der Waals surface area contributed by atoms with Gasteiger partial charge in [-0.2, -0.15) is 5.26 Å². The average Bonchev–Trinajstić information content (AvgIpc) is 2.38. The Balaban J connectivity index is 2.08. The third-order valence-electron chi connectivity index (χ3n) is 2.32. The Morgan fingerprint density at radius 1 is 1.12 bits per heavy atom. The maximum absolute atomic E-state index is 8.72. The van der Waals surface area contributed by atoms with E-state index in [4.69, 9.17) is 21.6 Å². The van der Waals surface area contributed by atoms with Gasteiger partial charge < -0.3 is 4.74 Å². The van der Waals surface area contributed by atoms with Crippen LogP contribution in [0.25, 0.3) is 0 Å². The first-order valence-corrected chi connectivity index (χ1v) is 5.54. The summed E-state index contributed by atoms with van der Waals surface area (Å²) in [6.07, 6.45) is 0. The van der Waals surface area contributed by atoms with Gasteiger partial charge in [-0.1, -0.05) is 35.9 Å². The number of para-hydroxylation sites is 1. The van der Waals surface area contributed by atoms with Crippen molar-refractivity contribution in [1.82, 2.24) is 0 Å². The van der Waals surface area contributed by atoms with E-state index in [9.17, 15) is 0 Å². The van der Waals surface area contributed by atoms with Crippen LogP contribution in [0.3, 0.4) is 0 Å². The predicted octanol–water partition coefficient (Wildman–Crippen LogP) is 3.79. The van der Waals surface area contributed by atoms with Gasteiger partial charge in [0.25, 0.3) is 0 Å². The minimum Gasteiger partial charge on any atom is -0.489 e. The highest BCUT2D eigenvalue weighted by atomic mass is 35.5. The summed E-state index contributed by atoms with van der Waals surface area (Å²) in [5, 5.41) is 9.28. The fourth-order valence-electron chi connectivity index (χ4n) is 1.41. The zero-order valence-electron chi connectivity index (χ0n) is 9.06. The quantitative estimate of drug-likeness (QED) is 0.822. The molecule has 0 saturated heterocycles. The third-order valence-corrected chi connectivity index (χ3v) is 2.67. The number of hydrogen-bond acceptors (Lipinski definition) is 2. The van der Waals surface area contributed by atoms with Gasteiger partial charge in [0, 0.05) is 10.6 Å². The van der Waals surface area contributed by atoms with Crippen molar-refractivity contribution in [2.24, 2.45) is 0 Å². The summed E-state index contributed by atoms with van der Waals surface area (Å²) < 4.78 is 5.58. The standard InChI is InChI=1S/C14H10ClNO/c15-14-8-11(9-16)6-7-12(14)10-17-13-4-2-1-3-5-13/h1-8H,10H2. The zero-order valence-corrected chi connectivity index (χ0v) is 9.82. The molecule has 0 aliphatic heterocycles. The van der Waals surface area contributed by atoms with Crippen LogP contribution in [-0.2, 0) is 6.61 Å². The molecule has 2 aromatic rings. The highest BCUT2D eigenvalue weighted by Crippen LogP contribution is 2.20. The predicted molar refractivity (Wildman–Crippen MR) is 66.9 cm³/mol. The van der Waals surface area contributed by atoms with Crippen molar-refractivity contribution >= 4 is 11.6 Å². The monoisotopic (exact) mass is 243 g/mol. The second-order valence-electron chi connectivity index (χ2n) is 3.52. The van der Waals surface area contributed by atoms with Crippen molar-refractivity contribution in [3.63, 3.8) is 0 Å². The van der Waals surface area contributed by atoms with Gasteiger partial charge >= 0.3 is 0 Å². The molecule has 2 rings (SSSR count). The molecule has 0 fully saturated rings. The van der Waals surface area contributed by atoms with Crippen LogP contribution in [0.2, 0.25) is 5.02 Å². The van der Waals surface area contributed by atoms with Crippen molar-refractivity contribution in [2.45, 2.75) is 6.61 Å². The molecule has 0 aliphatic carbocycles. The molecule has 2 aromatic carbocycles. The van der Waals surface area contributed by atoms with Crippen LogP contribution in [0.15, 0.2) is 48.5 Å². The first-order chi connectivity index (χ1) is 8.29. The molecule has 17 heavy (non-hydrogen) atoms. The van der Waals surface area contributed by atoms with Crippen LogP contribution in [0.5, 0.6) is 5.75 Å². The van der Waals surface area contributed by atoms with Gasteiger partial charge in [-0.3, -0.25) is 0 Å². The molecule has 0 saturated carbocycles. The Morgan fingerprint density at radius 2 is 1.88 bits per heavy atom. The Labute approximate surface area is 105 Å². The van der Waals surface area contributed by atoms with E-state index >= 15 is 0 Å². The van der Waals surface area contributed by atoms with Crippen LogP contribution in [0.4, 0.5) is 0 Å². The molecule has 0 N–H and O–H groups in total. The molecule has 0 spiro atoms. The second kappa shape index (κ2) is 5.38. The Kier molecular flexibility index (Phi) is 3.64. The van der Waals surface area contributed by atoms with Crippen molar-refractivity contribution < 1.29 is 4.74 Å². The lowest BCUT2D eigenvalue weighted by molar-refractivity contribution is 0.306. The first kappa shape index (κ1) is 11.5. The molecule has 0 bridgehead atoms.